The maximum Gasteiger partial charge on any atom is 0.679 e. The first-order valence-corrected chi connectivity index (χ1v) is 8.77. The van der Waals surface area contributed by atoms with Gasteiger partial charge in [-0.15, -0.1) is 0 Å². The molecule has 2 N–H and O–H groups in total. The van der Waals surface area contributed by atoms with Gasteiger partial charge < -0.3 is 27.9 Å². The molecule has 0 saturated heterocycles. The molecule has 0 amide bonds. The van der Waals surface area contributed by atoms with E-state index in [1.807, 2.05) is 27.7 Å². The zero-order valence-electron chi connectivity index (χ0n) is 13.8. The normalized spacial score (nSPS) is 12.0. The number of aliphatic hydroxyl groups excluding tert-OH is 2. The third-order valence-electron chi connectivity index (χ3n) is 2.14. The minimum absolute atomic E-state index is 0.0451. The summed E-state index contributed by atoms with van der Waals surface area (Å²) in [6.45, 7) is 13.5. The minimum atomic E-state index is -2.80. The predicted octanol–water partition coefficient (Wildman–Crippen LogP) is 1.57. The highest BCUT2D eigenvalue weighted by molar-refractivity contribution is 6.53. The van der Waals surface area contributed by atoms with Crippen molar-refractivity contribution in [2.45, 2.75) is 41.5 Å². The van der Waals surface area contributed by atoms with Gasteiger partial charge in [-0.05, 0) is 27.7 Å². The van der Waals surface area contributed by atoms with E-state index in [2.05, 4.69) is 0 Å². The molecule has 124 valence electrons. The second-order valence-corrected chi connectivity index (χ2v) is 6.87. The van der Waals surface area contributed by atoms with Gasteiger partial charge in [0.1, 0.15) is 0 Å². The van der Waals surface area contributed by atoms with E-state index in [0.717, 1.165) is 0 Å². The van der Waals surface area contributed by atoms with Crippen LogP contribution >= 0.6 is 0 Å². The molecule has 6 nitrogen and oxygen atoms in total. The highest BCUT2D eigenvalue weighted by Gasteiger charge is 2.44. The highest BCUT2D eigenvalue weighted by Crippen LogP contribution is 2.11. The molecule has 0 heterocycles. The Morgan fingerprint density at radius 2 is 0.950 bits per heavy atom. The van der Waals surface area contributed by atoms with Crippen LogP contribution in [0.5, 0.6) is 0 Å². The molecule has 0 radical (unpaired) electrons. The van der Waals surface area contributed by atoms with E-state index in [1.54, 1.807) is 13.8 Å². The van der Waals surface area contributed by atoms with Gasteiger partial charge in [0.05, 0.1) is 13.2 Å². The van der Waals surface area contributed by atoms with Gasteiger partial charge >= 0.3 is 9.05 Å². The van der Waals surface area contributed by atoms with Gasteiger partial charge in [0.15, 0.2) is 0 Å². The second kappa shape index (κ2) is 12.7. The maximum absolute atomic E-state index is 8.43. The summed E-state index contributed by atoms with van der Waals surface area (Å²) in [6, 6.07) is 0. The van der Waals surface area contributed by atoms with E-state index in [1.165, 1.54) is 0 Å². The molecule has 0 spiro atoms. The van der Waals surface area contributed by atoms with Crippen LogP contribution in [0.2, 0.25) is 0 Å². The van der Waals surface area contributed by atoms with Crippen LogP contribution in [0.25, 0.3) is 0 Å². The Kier molecular flexibility index (Phi) is 14.1. The summed E-state index contributed by atoms with van der Waals surface area (Å²) in [6.07, 6.45) is 0. The number of hydrogen-bond donors (Lipinski definition) is 2. The average molecular weight is 312 g/mol. The molecule has 0 saturated carbocycles. The van der Waals surface area contributed by atoms with Crippen molar-refractivity contribution in [3.63, 3.8) is 0 Å². The third-order valence-corrected chi connectivity index (χ3v) is 4.71. The fourth-order valence-electron chi connectivity index (χ4n) is 1.01. The summed E-state index contributed by atoms with van der Waals surface area (Å²) < 4.78 is 21.7. The molecule has 0 rings (SSSR count). The van der Waals surface area contributed by atoms with Crippen molar-refractivity contribution >= 4 is 9.05 Å². The van der Waals surface area contributed by atoms with Crippen molar-refractivity contribution in [2.75, 3.05) is 39.6 Å². The molecule has 0 aliphatic heterocycles. The third kappa shape index (κ3) is 10.7. The monoisotopic (exact) mass is 312 g/mol. The molecule has 0 atom stereocenters. The van der Waals surface area contributed by atoms with Gasteiger partial charge in [-0.3, -0.25) is 0 Å². The summed E-state index contributed by atoms with van der Waals surface area (Å²) in [4.78, 5) is 0. The minimum Gasteiger partial charge on any atom is -0.396 e. The lowest BCUT2D eigenvalue weighted by Crippen LogP contribution is -2.49. The topological polar surface area (TPSA) is 77.4 Å². The van der Waals surface area contributed by atoms with Gasteiger partial charge in [-0.25, -0.2) is 0 Å². The molecular weight excluding hydrogens is 280 g/mol. The highest BCUT2D eigenvalue weighted by atomic mass is 28.4. The molecule has 0 aromatic heterocycles. The van der Waals surface area contributed by atoms with Crippen molar-refractivity contribution in [3.8, 4) is 0 Å². The largest absolute Gasteiger partial charge is 0.679 e. The summed E-state index contributed by atoms with van der Waals surface area (Å²) in [5, 5.41) is 16.9. The van der Waals surface area contributed by atoms with Gasteiger partial charge in [0, 0.05) is 31.8 Å². The van der Waals surface area contributed by atoms with Crippen molar-refractivity contribution in [2.24, 2.45) is 5.41 Å². The van der Waals surface area contributed by atoms with Crippen LogP contribution in [0.3, 0.4) is 0 Å². The lowest BCUT2D eigenvalue weighted by atomic mass is 9.97. The first kappa shape index (κ1) is 22.3. The van der Waals surface area contributed by atoms with E-state index in [9.17, 15) is 0 Å². The molecule has 7 heteroatoms. The molecule has 20 heavy (non-hydrogen) atoms. The van der Waals surface area contributed by atoms with Crippen LogP contribution in [0.4, 0.5) is 0 Å². The summed E-state index contributed by atoms with van der Waals surface area (Å²) in [7, 11) is -2.80. The molecule has 0 aliphatic carbocycles. The Balaban J connectivity index is 0. The standard InChI is InChI=1S/C8H20O4Si.C5H12O2/c1-5-9-13(10-6-2,11-7-3)12-8-4;1-5(2,3-6)4-7/h5-8H2,1-4H3;6-7H,3-4H2,1-2H3. The van der Waals surface area contributed by atoms with Crippen LogP contribution in [-0.2, 0) is 17.7 Å². The molecule has 0 aromatic rings. The van der Waals surface area contributed by atoms with Crippen LogP contribution in [-0.4, -0.2) is 58.9 Å². The zero-order valence-corrected chi connectivity index (χ0v) is 14.8. The van der Waals surface area contributed by atoms with Crippen molar-refractivity contribution in [1.29, 1.82) is 0 Å². The lowest BCUT2D eigenvalue weighted by Gasteiger charge is -2.26. The fourth-order valence-corrected chi connectivity index (χ4v) is 2.92. The Hall–Kier alpha value is -0.0231. The zero-order chi connectivity index (χ0) is 16.1. The van der Waals surface area contributed by atoms with E-state index in [0.29, 0.717) is 26.4 Å². The van der Waals surface area contributed by atoms with Gasteiger partial charge in [0.2, 0.25) is 0 Å². The van der Waals surface area contributed by atoms with Gasteiger partial charge in [0.25, 0.3) is 0 Å². The van der Waals surface area contributed by atoms with Crippen molar-refractivity contribution in [1.82, 2.24) is 0 Å². The predicted molar refractivity (Wildman–Crippen MR) is 80.2 cm³/mol. The lowest BCUT2D eigenvalue weighted by molar-refractivity contribution is -0.0247. The molecule has 0 bridgehead atoms. The van der Waals surface area contributed by atoms with E-state index >= 15 is 0 Å². The molecule has 0 aromatic carbocycles. The van der Waals surface area contributed by atoms with Crippen molar-refractivity contribution in [3.05, 3.63) is 0 Å². The Labute approximate surface area is 124 Å². The van der Waals surface area contributed by atoms with Crippen LogP contribution in [0, 0.1) is 5.41 Å². The Morgan fingerprint density at radius 1 is 0.700 bits per heavy atom. The summed E-state index contributed by atoms with van der Waals surface area (Å²) in [5.41, 5.74) is -0.306. The molecule has 0 aliphatic rings. The molecular formula is C13H32O6Si. The number of aliphatic hydroxyl groups is 2. The van der Waals surface area contributed by atoms with Crippen LogP contribution < -0.4 is 0 Å². The fraction of sp³-hybridized carbons (Fsp3) is 1.00. The first-order valence-electron chi connectivity index (χ1n) is 7.14. The molecule has 0 unspecified atom stereocenters. The summed E-state index contributed by atoms with van der Waals surface area (Å²) >= 11 is 0. The number of hydrogen-bond acceptors (Lipinski definition) is 6. The summed E-state index contributed by atoms with van der Waals surface area (Å²) in [5.74, 6) is 0. The van der Waals surface area contributed by atoms with E-state index in [-0.39, 0.29) is 18.6 Å². The Bertz CT molecular complexity index is 178. The van der Waals surface area contributed by atoms with E-state index < -0.39 is 9.05 Å². The first-order chi connectivity index (χ1) is 9.36. The molecule has 0 fully saturated rings. The number of rotatable bonds is 10. The quantitative estimate of drug-likeness (QED) is 0.596. The maximum atomic E-state index is 8.43. The van der Waals surface area contributed by atoms with Gasteiger partial charge in [-0.2, -0.15) is 0 Å². The van der Waals surface area contributed by atoms with E-state index in [4.69, 9.17) is 27.9 Å². The van der Waals surface area contributed by atoms with Crippen molar-refractivity contribution < 1.29 is 27.9 Å². The average Bonchev–Trinajstić information content (AvgIpc) is 2.41. The Morgan fingerprint density at radius 3 is 1.05 bits per heavy atom. The van der Waals surface area contributed by atoms with Crippen LogP contribution in [0.15, 0.2) is 0 Å². The second-order valence-electron chi connectivity index (χ2n) is 4.71. The SMILES string of the molecule is CC(C)(CO)CO.CCO[Si](OCC)(OCC)OCC. The smallest absolute Gasteiger partial charge is 0.396 e. The van der Waals surface area contributed by atoms with Crippen LogP contribution in [0.1, 0.15) is 41.5 Å². The van der Waals surface area contributed by atoms with Gasteiger partial charge in [-0.1, -0.05) is 13.8 Å².